The molecular weight excluding hydrogens is 258 g/mol. The first kappa shape index (κ1) is 14.7. The van der Waals surface area contributed by atoms with Crippen molar-refractivity contribution in [3.63, 3.8) is 0 Å². The summed E-state index contributed by atoms with van der Waals surface area (Å²) >= 11 is 0. The number of hydrogen-bond acceptors (Lipinski definition) is 5. The predicted octanol–water partition coefficient (Wildman–Crippen LogP) is 1.89. The first-order valence-electron chi connectivity index (χ1n) is 7.04. The molecule has 1 aromatic rings. The highest BCUT2D eigenvalue weighted by Crippen LogP contribution is 2.30. The van der Waals surface area contributed by atoms with Crippen molar-refractivity contribution in [3.8, 4) is 11.5 Å². The molecule has 0 saturated carbocycles. The summed E-state index contributed by atoms with van der Waals surface area (Å²) in [7, 11) is 0. The Kier molecular flexibility index (Phi) is 5.68. The second kappa shape index (κ2) is 7.75. The molecule has 0 bridgehead atoms. The van der Waals surface area contributed by atoms with E-state index < -0.39 is 0 Å². The summed E-state index contributed by atoms with van der Waals surface area (Å²) in [5.74, 6) is 1.43. The van der Waals surface area contributed by atoms with Crippen LogP contribution in [0.15, 0.2) is 18.2 Å². The van der Waals surface area contributed by atoms with Crippen LogP contribution in [-0.4, -0.2) is 32.3 Å². The maximum Gasteiger partial charge on any atom is 0.307 e. The summed E-state index contributed by atoms with van der Waals surface area (Å²) < 4.78 is 16.1. The molecule has 110 valence electrons. The van der Waals surface area contributed by atoms with Crippen molar-refractivity contribution in [2.75, 3.05) is 26.4 Å². The largest absolute Gasteiger partial charge is 0.490 e. The van der Waals surface area contributed by atoms with Gasteiger partial charge in [-0.05, 0) is 24.6 Å². The monoisotopic (exact) mass is 279 g/mol. The lowest BCUT2D eigenvalue weighted by molar-refractivity contribution is -0.142. The van der Waals surface area contributed by atoms with E-state index in [1.165, 1.54) is 0 Å². The van der Waals surface area contributed by atoms with Gasteiger partial charge >= 0.3 is 5.97 Å². The number of hydrogen-bond donors (Lipinski definition) is 1. The Morgan fingerprint density at radius 1 is 1.30 bits per heavy atom. The second-order valence-corrected chi connectivity index (χ2v) is 4.56. The van der Waals surface area contributed by atoms with Crippen molar-refractivity contribution in [1.29, 1.82) is 0 Å². The molecule has 0 aromatic heterocycles. The molecule has 0 aliphatic carbocycles. The van der Waals surface area contributed by atoms with Crippen LogP contribution in [-0.2, 0) is 16.1 Å². The molecule has 1 N–H and O–H groups in total. The van der Waals surface area contributed by atoms with Gasteiger partial charge in [-0.25, -0.2) is 0 Å². The average Bonchev–Trinajstić information content (AvgIpc) is 2.68. The highest BCUT2D eigenvalue weighted by molar-refractivity contribution is 5.69. The van der Waals surface area contributed by atoms with E-state index in [4.69, 9.17) is 14.2 Å². The molecule has 20 heavy (non-hydrogen) atoms. The SMILES string of the molecule is CCOC(=O)CCNCc1ccc2c(c1)OCCCO2. The van der Waals surface area contributed by atoms with Gasteiger partial charge in [-0.3, -0.25) is 4.79 Å². The van der Waals surface area contributed by atoms with Gasteiger partial charge in [-0.1, -0.05) is 6.07 Å². The van der Waals surface area contributed by atoms with Gasteiger partial charge < -0.3 is 19.5 Å². The highest BCUT2D eigenvalue weighted by atomic mass is 16.5. The fourth-order valence-corrected chi connectivity index (χ4v) is 1.97. The Morgan fingerprint density at radius 2 is 2.10 bits per heavy atom. The third kappa shape index (κ3) is 4.42. The minimum atomic E-state index is -0.168. The van der Waals surface area contributed by atoms with E-state index in [9.17, 15) is 4.79 Å². The molecule has 0 radical (unpaired) electrons. The summed E-state index contributed by atoms with van der Waals surface area (Å²) in [5, 5.41) is 3.22. The van der Waals surface area contributed by atoms with Crippen molar-refractivity contribution in [1.82, 2.24) is 5.32 Å². The number of ether oxygens (including phenoxy) is 3. The molecule has 1 aromatic carbocycles. The van der Waals surface area contributed by atoms with Crippen molar-refractivity contribution in [3.05, 3.63) is 23.8 Å². The standard InChI is InChI=1S/C15H21NO4/c1-2-18-15(17)6-7-16-11-12-4-5-13-14(10-12)20-9-3-8-19-13/h4-5,10,16H,2-3,6-9,11H2,1H3. The zero-order valence-electron chi connectivity index (χ0n) is 11.8. The number of fused-ring (bicyclic) bond motifs is 1. The number of rotatable bonds is 6. The molecule has 0 saturated heterocycles. The molecule has 0 amide bonds. The van der Waals surface area contributed by atoms with Crippen molar-refractivity contribution in [2.45, 2.75) is 26.3 Å². The molecular formula is C15H21NO4. The van der Waals surface area contributed by atoms with Crippen LogP contribution in [0.25, 0.3) is 0 Å². The van der Waals surface area contributed by atoms with Crippen LogP contribution in [0.2, 0.25) is 0 Å². The smallest absolute Gasteiger partial charge is 0.307 e. The van der Waals surface area contributed by atoms with Gasteiger partial charge in [0.1, 0.15) is 0 Å². The normalized spacial score (nSPS) is 13.7. The average molecular weight is 279 g/mol. The molecule has 0 atom stereocenters. The van der Waals surface area contributed by atoms with E-state index >= 15 is 0 Å². The topological polar surface area (TPSA) is 56.8 Å². The first-order valence-corrected chi connectivity index (χ1v) is 7.04. The lowest BCUT2D eigenvalue weighted by Crippen LogP contribution is -2.19. The highest BCUT2D eigenvalue weighted by Gasteiger charge is 2.10. The maximum atomic E-state index is 11.2. The maximum absolute atomic E-state index is 11.2. The van der Waals surface area contributed by atoms with Crippen LogP contribution in [0.4, 0.5) is 0 Å². The van der Waals surface area contributed by atoms with Crippen LogP contribution in [0.5, 0.6) is 11.5 Å². The van der Waals surface area contributed by atoms with Gasteiger partial charge in [-0.15, -0.1) is 0 Å². The van der Waals surface area contributed by atoms with Gasteiger partial charge in [0.25, 0.3) is 0 Å². The van der Waals surface area contributed by atoms with E-state index in [-0.39, 0.29) is 5.97 Å². The molecule has 1 heterocycles. The summed E-state index contributed by atoms with van der Waals surface area (Å²) in [6, 6.07) is 5.92. The van der Waals surface area contributed by atoms with Crippen molar-refractivity contribution >= 4 is 5.97 Å². The predicted molar refractivity (Wildman–Crippen MR) is 75.0 cm³/mol. The van der Waals surface area contributed by atoms with Crippen LogP contribution in [0, 0.1) is 0 Å². The lowest BCUT2D eigenvalue weighted by Gasteiger charge is -2.10. The lowest BCUT2D eigenvalue weighted by atomic mass is 10.2. The van der Waals surface area contributed by atoms with E-state index in [0.717, 1.165) is 23.5 Å². The first-order chi connectivity index (χ1) is 9.79. The molecule has 5 heteroatoms. The molecule has 1 aliphatic rings. The van der Waals surface area contributed by atoms with Crippen molar-refractivity contribution < 1.29 is 19.0 Å². The summed E-state index contributed by atoms with van der Waals surface area (Å²) in [4.78, 5) is 11.2. The Hall–Kier alpha value is -1.75. The minimum Gasteiger partial charge on any atom is -0.490 e. The van der Waals surface area contributed by atoms with E-state index in [0.29, 0.717) is 39.3 Å². The van der Waals surface area contributed by atoms with Crippen LogP contribution in [0.1, 0.15) is 25.3 Å². The Bertz CT molecular complexity index is 447. The van der Waals surface area contributed by atoms with E-state index in [1.54, 1.807) is 0 Å². The number of benzene rings is 1. The van der Waals surface area contributed by atoms with Gasteiger partial charge in [0.05, 0.1) is 26.2 Å². The Balaban J connectivity index is 1.79. The summed E-state index contributed by atoms with van der Waals surface area (Å²) in [6.07, 6.45) is 1.29. The van der Waals surface area contributed by atoms with Gasteiger partial charge in [-0.2, -0.15) is 0 Å². The molecule has 2 rings (SSSR count). The van der Waals surface area contributed by atoms with Crippen molar-refractivity contribution in [2.24, 2.45) is 0 Å². The van der Waals surface area contributed by atoms with Crippen LogP contribution < -0.4 is 14.8 Å². The fraction of sp³-hybridized carbons (Fsp3) is 0.533. The molecule has 1 aliphatic heterocycles. The quantitative estimate of drug-likeness (QED) is 0.636. The van der Waals surface area contributed by atoms with Gasteiger partial charge in [0.2, 0.25) is 0 Å². The van der Waals surface area contributed by atoms with Gasteiger partial charge in [0, 0.05) is 19.5 Å². The third-order valence-corrected chi connectivity index (χ3v) is 2.95. The van der Waals surface area contributed by atoms with Crippen LogP contribution in [0.3, 0.4) is 0 Å². The Morgan fingerprint density at radius 3 is 2.90 bits per heavy atom. The molecule has 5 nitrogen and oxygen atoms in total. The number of carbonyl (C=O) groups excluding carboxylic acids is 1. The number of esters is 1. The minimum absolute atomic E-state index is 0.168. The zero-order valence-corrected chi connectivity index (χ0v) is 11.8. The summed E-state index contributed by atoms with van der Waals surface area (Å²) in [5.41, 5.74) is 1.11. The molecule has 0 unspecified atom stereocenters. The molecule has 0 fully saturated rings. The molecule has 0 spiro atoms. The fourth-order valence-electron chi connectivity index (χ4n) is 1.97. The van der Waals surface area contributed by atoms with E-state index in [2.05, 4.69) is 5.32 Å². The second-order valence-electron chi connectivity index (χ2n) is 4.56. The van der Waals surface area contributed by atoms with Crippen LogP contribution >= 0.6 is 0 Å². The number of nitrogens with one attached hydrogen (secondary N) is 1. The number of carbonyl (C=O) groups is 1. The zero-order chi connectivity index (χ0) is 14.2. The Labute approximate surface area is 119 Å². The van der Waals surface area contributed by atoms with E-state index in [1.807, 2.05) is 25.1 Å². The third-order valence-electron chi connectivity index (χ3n) is 2.95. The van der Waals surface area contributed by atoms with Gasteiger partial charge in [0.15, 0.2) is 11.5 Å². The summed E-state index contributed by atoms with van der Waals surface area (Å²) in [6.45, 7) is 4.92.